The van der Waals surface area contributed by atoms with E-state index in [1.54, 1.807) is 6.07 Å². The van der Waals surface area contributed by atoms with Crippen molar-refractivity contribution in [3.05, 3.63) is 28.8 Å². The van der Waals surface area contributed by atoms with E-state index in [9.17, 15) is 8.78 Å². The van der Waals surface area contributed by atoms with Crippen molar-refractivity contribution < 1.29 is 13.5 Å². The van der Waals surface area contributed by atoms with Crippen molar-refractivity contribution >= 4 is 11.6 Å². The molecule has 3 nitrogen and oxygen atoms in total. The average molecular weight is 237 g/mol. The van der Waals surface area contributed by atoms with Crippen LogP contribution in [0.15, 0.2) is 18.2 Å². The van der Waals surface area contributed by atoms with Crippen LogP contribution in [-0.2, 0) is 0 Å². The highest BCUT2D eigenvalue weighted by atomic mass is 35.5. The number of hydrazine groups is 1. The lowest BCUT2D eigenvalue weighted by Crippen LogP contribution is -2.33. The first-order valence-corrected chi connectivity index (χ1v) is 4.55. The standard InChI is InChI=1S/C9H11ClF2N2O/c1-15-7-3-2-5(10)4-6(7)8(14-13)9(11)12/h2-4,8-9,14H,13H2,1H3. The summed E-state index contributed by atoms with van der Waals surface area (Å²) >= 11 is 5.71. The second-order valence-corrected chi connectivity index (χ2v) is 3.30. The minimum atomic E-state index is -2.64. The van der Waals surface area contributed by atoms with Gasteiger partial charge in [0.05, 0.1) is 7.11 Å². The molecule has 15 heavy (non-hydrogen) atoms. The van der Waals surface area contributed by atoms with Gasteiger partial charge in [-0.1, -0.05) is 11.6 Å². The summed E-state index contributed by atoms with van der Waals surface area (Å²) in [5.74, 6) is 5.37. The highest BCUT2D eigenvalue weighted by molar-refractivity contribution is 6.30. The van der Waals surface area contributed by atoms with Crippen molar-refractivity contribution in [2.24, 2.45) is 5.84 Å². The van der Waals surface area contributed by atoms with Crippen molar-refractivity contribution in [1.82, 2.24) is 5.43 Å². The van der Waals surface area contributed by atoms with E-state index in [1.807, 2.05) is 5.43 Å². The number of ether oxygens (including phenoxy) is 1. The minimum Gasteiger partial charge on any atom is -0.496 e. The van der Waals surface area contributed by atoms with Crippen LogP contribution in [0.4, 0.5) is 8.78 Å². The van der Waals surface area contributed by atoms with Gasteiger partial charge in [0, 0.05) is 10.6 Å². The Morgan fingerprint density at radius 3 is 2.60 bits per heavy atom. The summed E-state index contributed by atoms with van der Waals surface area (Å²) in [4.78, 5) is 0. The lowest BCUT2D eigenvalue weighted by molar-refractivity contribution is 0.0973. The lowest BCUT2D eigenvalue weighted by Gasteiger charge is -2.18. The third-order valence-electron chi connectivity index (χ3n) is 1.96. The number of benzene rings is 1. The third kappa shape index (κ3) is 2.77. The topological polar surface area (TPSA) is 47.3 Å². The first-order chi connectivity index (χ1) is 7.10. The Kier molecular flexibility index (Phi) is 4.26. The van der Waals surface area contributed by atoms with E-state index in [2.05, 4.69) is 0 Å². The number of hydrogen-bond acceptors (Lipinski definition) is 3. The fourth-order valence-corrected chi connectivity index (χ4v) is 1.43. The van der Waals surface area contributed by atoms with Gasteiger partial charge in [0.1, 0.15) is 11.8 Å². The molecule has 0 saturated heterocycles. The molecule has 1 aromatic rings. The molecule has 0 saturated carbocycles. The zero-order chi connectivity index (χ0) is 11.4. The smallest absolute Gasteiger partial charge is 0.259 e. The van der Waals surface area contributed by atoms with Crippen molar-refractivity contribution in [3.63, 3.8) is 0 Å². The molecule has 1 atom stereocenters. The molecule has 3 N–H and O–H groups in total. The summed E-state index contributed by atoms with van der Waals surface area (Å²) < 4.78 is 30.1. The first-order valence-electron chi connectivity index (χ1n) is 4.18. The van der Waals surface area contributed by atoms with E-state index in [4.69, 9.17) is 22.2 Å². The van der Waals surface area contributed by atoms with Crippen molar-refractivity contribution in [3.8, 4) is 5.75 Å². The van der Waals surface area contributed by atoms with E-state index in [0.717, 1.165) is 0 Å². The van der Waals surface area contributed by atoms with E-state index < -0.39 is 12.5 Å². The summed E-state index contributed by atoms with van der Waals surface area (Å²) in [6.45, 7) is 0. The van der Waals surface area contributed by atoms with Gasteiger partial charge in [-0.15, -0.1) is 0 Å². The molecule has 0 bridgehead atoms. The molecule has 0 aliphatic carbocycles. The van der Waals surface area contributed by atoms with E-state index in [0.29, 0.717) is 10.8 Å². The number of rotatable bonds is 4. The zero-order valence-electron chi connectivity index (χ0n) is 8.01. The SMILES string of the molecule is COc1ccc(Cl)cc1C(NN)C(F)F. The normalized spacial score (nSPS) is 12.9. The molecule has 0 aliphatic heterocycles. The lowest BCUT2D eigenvalue weighted by atomic mass is 10.1. The Hall–Kier alpha value is -0.910. The molecule has 1 rings (SSSR count). The highest BCUT2D eigenvalue weighted by Crippen LogP contribution is 2.31. The van der Waals surface area contributed by atoms with Crippen LogP contribution >= 0.6 is 11.6 Å². The van der Waals surface area contributed by atoms with Crippen LogP contribution in [0, 0.1) is 0 Å². The summed E-state index contributed by atoms with van der Waals surface area (Å²) in [5.41, 5.74) is 2.27. The van der Waals surface area contributed by atoms with E-state index in [1.165, 1.54) is 19.2 Å². The Bertz CT molecular complexity index is 336. The molecule has 0 heterocycles. The van der Waals surface area contributed by atoms with Crippen molar-refractivity contribution in [2.45, 2.75) is 12.5 Å². The predicted octanol–water partition coefficient (Wildman–Crippen LogP) is 2.12. The zero-order valence-corrected chi connectivity index (χ0v) is 8.76. The third-order valence-corrected chi connectivity index (χ3v) is 2.19. The molecule has 1 aromatic carbocycles. The van der Waals surface area contributed by atoms with Crippen LogP contribution in [0.25, 0.3) is 0 Å². The quantitative estimate of drug-likeness (QED) is 0.622. The van der Waals surface area contributed by atoms with Gasteiger partial charge in [-0.25, -0.2) is 14.2 Å². The van der Waals surface area contributed by atoms with Gasteiger partial charge in [0.15, 0.2) is 0 Å². The Morgan fingerprint density at radius 2 is 2.13 bits per heavy atom. The summed E-state index contributed by atoms with van der Waals surface area (Å²) in [6, 6.07) is 3.18. The molecule has 0 fully saturated rings. The number of halogens is 3. The largest absolute Gasteiger partial charge is 0.496 e. The van der Waals surface area contributed by atoms with Gasteiger partial charge in [-0.2, -0.15) is 0 Å². The van der Waals surface area contributed by atoms with Gasteiger partial charge in [-0.05, 0) is 18.2 Å². The highest BCUT2D eigenvalue weighted by Gasteiger charge is 2.24. The van der Waals surface area contributed by atoms with Crippen molar-refractivity contribution in [2.75, 3.05) is 7.11 Å². The molecule has 84 valence electrons. The van der Waals surface area contributed by atoms with Gasteiger partial charge < -0.3 is 4.74 Å². The molecule has 0 radical (unpaired) electrons. The predicted molar refractivity (Wildman–Crippen MR) is 54.1 cm³/mol. The molecule has 0 amide bonds. The summed E-state index contributed by atoms with van der Waals surface area (Å²) in [5, 5.41) is 0.353. The first kappa shape index (κ1) is 12.2. The second kappa shape index (κ2) is 5.25. The number of hydrogen-bond donors (Lipinski definition) is 2. The maximum Gasteiger partial charge on any atom is 0.259 e. The molecule has 0 aliphatic rings. The van der Waals surface area contributed by atoms with Crippen LogP contribution in [0.5, 0.6) is 5.75 Å². The monoisotopic (exact) mass is 236 g/mol. The molecular weight excluding hydrogens is 226 g/mol. The van der Waals surface area contributed by atoms with Crippen LogP contribution in [0.1, 0.15) is 11.6 Å². The van der Waals surface area contributed by atoms with Gasteiger partial charge in [0.2, 0.25) is 0 Å². The number of nitrogens with two attached hydrogens (primary N) is 1. The summed E-state index contributed by atoms with van der Waals surface area (Å²) in [7, 11) is 1.39. The number of nitrogens with one attached hydrogen (secondary N) is 1. The Balaban J connectivity index is 3.13. The maximum absolute atomic E-state index is 12.6. The maximum atomic E-state index is 12.6. The molecule has 0 aromatic heterocycles. The van der Waals surface area contributed by atoms with Gasteiger partial charge >= 0.3 is 0 Å². The number of alkyl halides is 2. The number of methoxy groups -OCH3 is 1. The molecule has 1 unspecified atom stereocenters. The van der Waals surface area contributed by atoms with Crippen LogP contribution < -0.4 is 16.0 Å². The van der Waals surface area contributed by atoms with Gasteiger partial charge in [0.25, 0.3) is 6.43 Å². The molecular formula is C9H11ClF2N2O. The second-order valence-electron chi connectivity index (χ2n) is 2.87. The minimum absolute atomic E-state index is 0.238. The summed E-state index contributed by atoms with van der Waals surface area (Å²) in [6.07, 6.45) is -2.64. The van der Waals surface area contributed by atoms with Gasteiger partial charge in [-0.3, -0.25) is 5.84 Å². The Labute approximate surface area is 91.1 Å². The fourth-order valence-electron chi connectivity index (χ4n) is 1.25. The average Bonchev–Trinajstić information content (AvgIpc) is 2.18. The Morgan fingerprint density at radius 1 is 1.47 bits per heavy atom. The van der Waals surface area contributed by atoms with Crippen LogP contribution in [0.2, 0.25) is 5.02 Å². The van der Waals surface area contributed by atoms with Crippen molar-refractivity contribution in [1.29, 1.82) is 0 Å². The van der Waals surface area contributed by atoms with E-state index >= 15 is 0 Å². The van der Waals surface area contributed by atoms with Crippen LogP contribution in [-0.4, -0.2) is 13.5 Å². The molecule has 0 spiro atoms. The fraction of sp³-hybridized carbons (Fsp3) is 0.333. The van der Waals surface area contributed by atoms with Crippen LogP contribution in [0.3, 0.4) is 0 Å². The van der Waals surface area contributed by atoms with E-state index in [-0.39, 0.29) is 5.56 Å². The molecule has 6 heteroatoms.